The first-order valence-electron chi connectivity index (χ1n) is 42.5. The van der Waals surface area contributed by atoms with Gasteiger partial charge in [-0.3, -0.25) is 28.8 Å². The van der Waals surface area contributed by atoms with Crippen LogP contribution < -0.4 is 31.9 Å². The zero-order valence-electron chi connectivity index (χ0n) is 72.8. The minimum atomic E-state index is -3.12. The Hall–Kier alpha value is -5.51. The third-order valence-electron chi connectivity index (χ3n) is 23.9. The summed E-state index contributed by atoms with van der Waals surface area (Å²) in [6.45, 7) is -5.11. The molecular weight excluding hydrogens is 1830 g/mol. The maximum atomic E-state index is 13.3. The largest absolute Gasteiger partial charge is 0.477 e. The van der Waals surface area contributed by atoms with Crippen LogP contribution in [-0.4, -0.2) is 556 Å². The molecule has 9 fully saturated rings. The molecule has 9 saturated heterocycles. The lowest BCUT2D eigenvalue weighted by Crippen LogP contribution is -2.71. The molecule has 774 valence electrons. The molecule has 9 aliphatic heterocycles. The van der Waals surface area contributed by atoms with Crippen molar-refractivity contribution in [1.29, 1.82) is 0 Å². The van der Waals surface area contributed by atoms with Crippen molar-refractivity contribution in [3.8, 4) is 0 Å². The number of aliphatic carboxylic acids is 1. The van der Waals surface area contributed by atoms with Gasteiger partial charge in [0, 0.05) is 48.0 Å². The van der Waals surface area contributed by atoms with Crippen LogP contribution >= 0.6 is 0 Å². The van der Waals surface area contributed by atoms with Gasteiger partial charge < -0.3 is 260 Å². The SMILES string of the molecule is CC(=O)N[C@H]1[C@H](O[C@@H]([C@H](O)[C@H](CO)NC(C)=O)[C@H](O)CO[C@@H]2O[C@@H](C)[C@@H](O)[C@@H](O)[C@@H]2O)O[C@H](CO)[C@@H](O[C@@H]2O[C@H](CO[C@H]3O[C@H](CO)[C@@H](O)[C@H](O)[C@@H]3O[C@@H]3O[C@H](CO)[C@@H](O)[C@H](O)[C@H]3NC(C)=O)[C@@H](O)[C@H](O[C@H]3O[C@H](CO)[C@@H](O)[C@H](O)[C@@H]3O[C@@H]3O[C@H](CO)[C@@H](O[C@@H]4O[C@H](CO[C@]5(C(=O)O)C[C@H](O)[C@@H](NC(C)=O)[C@H]([C@H](O)[C@H](O)CO)O5)[C@H](O)[C@H](O)[C@H]4NC(C)=O)[C@H](O)[C@H]3NC(C)=O)[C@@H]2O)[C@@H]1O. The molecule has 0 aromatic carbocycles. The third-order valence-corrected chi connectivity index (χ3v) is 23.9. The van der Waals surface area contributed by atoms with E-state index < -0.39 is 420 Å². The fourth-order valence-electron chi connectivity index (χ4n) is 16.8. The second-order valence-corrected chi connectivity index (χ2v) is 33.7. The number of hydrogen-bond acceptors (Lipinski definition) is 52. The molecule has 0 spiro atoms. The number of carbonyl (C=O) groups excluding carboxylic acids is 6. The second kappa shape index (κ2) is 49.3. The van der Waals surface area contributed by atoms with Crippen LogP contribution in [0.2, 0.25) is 0 Å². The van der Waals surface area contributed by atoms with Crippen LogP contribution in [0.1, 0.15) is 54.9 Å². The Morgan fingerprint density at radius 3 is 1.22 bits per heavy atom. The summed E-state index contributed by atoms with van der Waals surface area (Å²) < 4.78 is 107. The fraction of sp³-hybridized carbons (Fsp3) is 0.907. The fourth-order valence-corrected chi connectivity index (χ4v) is 16.8. The van der Waals surface area contributed by atoms with E-state index in [9.17, 15) is 177 Å². The molecule has 0 aromatic rings. The molecule has 0 aliphatic carbocycles. The first kappa shape index (κ1) is 112. The van der Waals surface area contributed by atoms with Gasteiger partial charge in [-0.2, -0.15) is 0 Å². The summed E-state index contributed by atoms with van der Waals surface area (Å²) >= 11 is 0. The molecule has 50 atom stereocenters. The molecule has 9 rings (SSSR count). The molecule has 0 saturated carbocycles. The molecule has 34 N–H and O–H groups in total. The molecule has 0 bridgehead atoms. The Balaban J connectivity index is 1.06. The third kappa shape index (κ3) is 26.1. The quantitative estimate of drug-likeness (QED) is 0.0271. The Kier molecular flexibility index (Phi) is 41.2. The van der Waals surface area contributed by atoms with Crippen molar-refractivity contribution in [1.82, 2.24) is 31.9 Å². The minimum Gasteiger partial charge on any atom is -0.477 e. The van der Waals surface area contributed by atoms with E-state index in [4.69, 9.17) is 85.3 Å². The number of amides is 6. The Morgan fingerprint density at radius 2 is 0.754 bits per heavy atom. The molecule has 134 heavy (non-hydrogen) atoms. The van der Waals surface area contributed by atoms with Gasteiger partial charge in [-0.25, -0.2) is 4.79 Å². The molecule has 9 heterocycles. The molecule has 0 unspecified atom stereocenters. The number of aliphatic hydroxyl groups is 27. The number of ether oxygens (including phenoxy) is 18. The van der Waals surface area contributed by atoms with Gasteiger partial charge >= 0.3 is 5.97 Å². The minimum absolute atomic E-state index is 0.858. The van der Waals surface area contributed by atoms with Crippen molar-refractivity contribution in [3.63, 3.8) is 0 Å². The number of carboxylic acid groups (broad SMARTS) is 1. The monoisotopic (exact) mass is 1960 g/mol. The van der Waals surface area contributed by atoms with Crippen LogP contribution in [0.5, 0.6) is 0 Å². The van der Waals surface area contributed by atoms with Crippen molar-refractivity contribution in [2.24, 2.45) is 0 Å². The number of carbonyl (C=O) groups is 7. The van der Waals surface area contributed by atoms with Crippen LogP contribution in [0.4, 0.5) is 0 Å². The van der Waals surface area contributed by atoms with E-state index in [0.717, 1.165) is 41.5 Å². The normalized spacial score (nSPS) is 44.2. The molecule has 9 aliphatic rings. The predicted octanol–water partition coefficient (Wildman–Crippen LogP) is -22.1. The number of hydrogen-bond donors (Lipinski definition) is 34. The first-order valence-corrected chi connectivity index (χ1v) is 42.5. The van der Waals surface area contributed by atoms with Crippen molar-refractivity contribution < 1.29 is 262 Å². The lowest BCUT2D eigenvalue weighted by molar-refractivity contribution is -0.397. The second-order valence-electron chi connectivity index (χ2n) is 33.7. The summed E-state index contributed by atoms with van der Waals surface area (Å²) in [6, 6.07) is -11.5. The molecular formula is C75H126N6O53. The van der Waals surface area contributed by atoms with Crippen LogP contribution in [-0.2, 0) is 119 Å². The van der Waals surface area contributed by atoms with Crippen LogP contribution in [0, 0.1) is 0 Å². The smallest absolute Gasteiger partial charge is 0.364 e. The predicted molar refractivity (Wildman–Crippen MR) is 417 cm³/mol. The number of nitrogens with one attached hydrogen (secondary N) is 6. The summed E-state index contributed by atoms with van der Waals surface area (Å²) in [4.78, 5) is 89.8. The summed E-state index contributed by atoms with van der Waals surface area (Å²) in [5.74, 6) is -10.9. The Labute approximate surface area is 759 Å². The van der Waals surface area contributed by atoms with Gasteiger partial charge in [0.1, 0.15) is 226 Å². The zero-order valence-corrected chi connectivity index (χ0v) is 72.8. The first-order chi connectivity index (χ1) is 63.1. The zero-order chi connectivity index (χ0) is 99.6. The van der Waals surface area contributed by atoms with E-state index in [-0.39, 0.29) is 0 Å². The van der Waals surface area contributed by atoms with Crippen molar-refractivity contribution in [2.45, 2.75) is 361 Å². The van der Waals surface area contributed by atoms with Gasteiger partial charge in [0.05, 0.1) is 90.4 Å². The highest BCUT2D eigenvalue weighted by Gasteiger charge is 2.63. The summed E-state index contributed by atoms with van der Waals surface area (Å²) in [5.41, 5.74) is 0. The maximum absolute atomic E-state index is 13.3. The van der Waals surface area contributed by atoms with Gasteiger partial charge in [0.2, 0.25) is 35.4 Å². The van der Waals surface area contributed by atoms with Crippen molar-refractivity contribution in [3.05, 3.63) is 0 Å². The number of carboxylic acids is 1. The van der Waals surface area contributed by atoms with E-state index >= 15 is 0 Å². The van der Waals surface area contributed by atoms with Crippen LogP contribution in [0.15, 0.2) is 0 Å². The topological polar surface area (TPSA) is 924 Å². The van der Waals surface area contributed by atoms with Gasteiger partial charge in [-0.05, 0) is 6.92 Å². The van der Waals surface area contributed by atoms with E-state index in [1.54, 1.807) is 0 Å². The molecule has 59 nitrogen and oxygen atoms in total. The van der Waals surface area contributed by atoms with Gasteiger partial charge in [0.15, 0.2) is 50.3 Å². The highest BCUT2D eigenvalue weighted by atomic mass is 16.8. The Morgan fingerprint density at radius 1 is 0.358 bits per heavy atom. The average molecular weight is 1960 g/mol. The summed E-state index contributed by atoms with van der Waals surface area (Å²) in [6.07, 6.45) is -94.7. The molecule has 6 amide bonds. The van der Waals surface area contributed by atoms with Crippen molar-refractivity contribution >= 4 is 41.4 Å². The molecule has 59 heteroatoms. The summed E-state index contributed by atoms with van der Waals surface area (Å²) in [7, 11) is 0. The highest BCUT2D eigenvalue weighted by molar-refractivity contribution is 5.77. The number of aliphatic hydroxyl groups excluding tert-OH is 27. The molecule has 0 aromatic heterocycles. The van der Waals surface area contributed by atoms with Gasteiger partial charge in [0.25, 0.3) is 5.79 Å². The number of rotatable bonds is 40. The highest BCUT2D eigenvalue weighted by Crippen LogP contribution is 2.41. The molecule has 0 radical (unpaired) electrons. The summed E-state index contributed by atoms with van der Waals surface area (Å²) in [5, 5.41) is 329. The lowest BCUT2D eigenvalue weighted by Gasteiger charge is -2.51. The van der Waals surface area contributed by atoms with Crippen molar-refractivity contribution in [2.75, 3.05) is 66.1 Å². The van der Waals surface area contributed by atoms with E-state index in [1.165, 1.54) is 6.92 Å². The van der Waals surface area contributed by atoms with Gasteiger partial charge in [-0.15, -0.1) is 0 Å². The van der Waals surface area contributed by atoms with Gasteiger partial charge in [-0.1, -0.05) is 0 Å². The standard InChI is InChI=1S/C75H126N6O53/c1-19-42(98)54(110)57(113)70(120-19)117-16-29(97)59(43(99)26(9-82)76-20(2)89)128-68-40(80-24(6)93)53(109)61(34(15-88)124-68)130-71-58(114)63(49(105)35(127-71)17-118-72-64(55(111)46(102)31(12-85)122-72)132-66-38(78-22(4)91)50(106)45(101)30(11-84)121-66)131-73-65(56(112)47(103)32(13-86)123-73)133-69-41(81-25(7)94)52(108)60(33(14-87)125-69)129-67-39(79-23(5)92)51(107)48(104)36(126-67)18-119-75(74(115)116)8-27(95)37(77-21(3)90)62(134-75)44(100)28(96)10-83/h19,26-73,82-88,95-114H,8-18H2,1-7H3,(H,76,89)(H,77,90)(H,78,91)(H,79,92)(H,80,93)(H,81,94)(H,115,116)/t19-,26-,27-,28+,29+,30+,31+,32+,33+,34+,35+,36+,37+,38+,39+,40+,41+,42+,43+,44+,45+,46+,47+,48-,49+,50+,51+,52+,53+,54+,55-,56-,57-,58-,59+,60+,61+,62+,63-,64-,65-,66-,67-,68-,69-,70+,71-,72-,73+,75+/m0/s1. The van der Waals surface area contributed by atoms with E-state index in [0.29, 0.717) is 0 Å². The average Bonchev–Trinajstić information content (AvgIpc) is 0.762. The Bertz CT molecular complexity index is 3740. The van der Waals surface area contributed by atoms with Crippen LogP contribution in [0.25, 0.3) is 0 Å². The maximum Gasteiger partial charge on any atom is 0.364 e. The van der Waals surface area contributed by atoms with Crippen LogP contribution in [0.3, 0.4) is 0 Å². The lowest BCUT2D eigenvalue weighted by atomic mass is 9.88. The van der Waals surface area contributed by atoms with E-state index in [1.807, 2.05) is 0 Å². The van der Waals surface area contributed by atoms with E-state index in [2.05, 4.69) is 31.9 Å².